The summed E-state index contributed by atoms with van der Waals surface area (Å²) in [5.74, 6) is 1.18. The summed E-state index contributed by atoms with van der Waals surface area (Å²) in [7, 11) is 4.64. The minimum atomic E-state index is -0.816. The molecule has 0 saturated heterocycles. The van der Waals surface area contributed by atoms with Gasteiger partial charge in [-0.1, -0.05) is 18.2 Å². The second-order valence-electron chi connectivity index (χ2n) is 6.26. The van der Waals surface area contributed by atoms with Crippen LogP contribution in [0.3, 0.4) is 0 Å². The SMILES string of the molecule is COC(=O)C(C)(C)C(Nc1ccc(OC)cc1)c1ccccc1OC. The molecular formula is C20H25NO4. The van der Waals surface area contributed by atoms with Crippen LogP contribution in [0.25, 0.3) is 0 Å². The van der Waals surface area contributed by atoms with Gasteiger partial charge >= 0.3 is 5.97 Å². The van der Waals surface area contributed by atoms with Crippen molar-refractivity contribution in [3.8, 4) is 11.5 Å². The topological polar surface area (TPSA) is 56.8 Å². The standard InChI is InChI=1S/C20H25NO4/c1-20(2,19(22)25-5)18(16-8-6-7-9-17(16)24-4)21-14-10-12-15(23-3)13-11-14/h6-13,18,21H,1-5H3. The minimum absolute atomic E-state index is 0.301. The molecular weight excluding hydrogens is 318 g/mol. The Morgan fingerprint density at radius 3 is 2.16 bits per heavy atom. The number of hydrogen-bond acceptors (Lipinski definition) is 5. The minimum Gasteiger partial charge on any atom is -0.497 e. The van der Waals surface area contributed by atoms with Crippen molar-refractivity contribution in [1.29, 1.82) is 0 Å². The average molecular weight is 343 g/mol. The quantitative estimate of drug-likeness (QED) is 0.769. The number of para-hydroxylation sites is 1. The first-order chi connectivity index (χ1) is 11.9. The van der Waals surface area contributed by atoms with E-state index in [0.717, 1.165) is 17.0 Å². The maximum Gasteiger partial charge on any atom is 0.313 e. The Morgan fingerprint density at radius 1 is 0.960 bits per heavy atom. The second-order valence-corrected chi connectivity index (χ2v) is 6.26. The molecule has 1 N–H and O–H groups in total. The predicted octanol–water partition coefficient (Wildman–Crippen LogP) is 4.06. The zero-order chi connectivity index (χ0) is 18.4. The summed E-state index contributed by atoms with van der Waals surface area (Å²) in [5.41, 5.74) is 0.938. The number of esters is 1. The fourth-order valence-corrected chi connectivity index (χ4v) is 2.79. The molecule has 0 spiro atoms. The van der Waals surface area contributed by atoms with Crippen molar-refractivity contribution in [2.45, 2.75) is 19.9 Å². The molecule has 0 radical (unpaired) electrons. The molecule has 134 valence electrons. The van der Waals surface area contributed by atoms with Gasteiger partial charge in [0.05, 0.1) is 32.8 Å². The normalized spacial score (nSPS) is 12.2. The first-order valence-electron chi connectivity index (χ1n) is 8.06. The number of anilines is 1. The van der Waals surface area contributed by atoms with Gasteiger partial charge in [-0.15, -0.1) is 0 Å². The zero-order valence-corrected chi connectivity index (χ0v) is 15.3. The third-order valence-corrected chi connectivity index (χ3v) is 4.28. The van der Waals surface area contributed by atoms with Crippen molar-refractivity contribution in [2.24, 2.45) is 5.41 Å². The van der Waals surface area contributed by atoms with Gasteiger partial charge in [0, 0.05) is 11.3 Å². The summed E-state index contributed by atoms with van der Waals surface area (Å²) >= 11 is 0. The summed E-state index contributed by atoms with van der Waals surface area (Å²) in [6.45, 7) is 3.71. The van der Waals surface area contributed by atoms with Crippen LogP contribution >= 0.6 is 0 Å². The van der Waals surface area contributed by atoms with Gasteiger partial charge in [-0.25, -0.2) is 0 Å². The molecule has 2 aromatic rings. The van der Waals surface area contributed by atoms with E-state index < -0.39 is 5.41 Å². The van der Waals surface area contributed by atoms with Gasteiger partial charge in [0.25, 0.3) is 0 Å². The van der Waals surface area contributed by atoms with Gasteiger partial charge < -0.3 is 19.5 Å². The summed E-state index contributed by atoms with van der Waals surface area (Å²) in [6, 6.07) is 14.9. The molecule has 2 aromatic carbocycles. The lowest BCUT2D eigenvalue weighted by Crippen LogP contribution is -2.37. The van der Waals surface area contributed by atoms with Crippen molar-refractivity contribution in [2.75, 3.05) is 26.6 Å². The number of ether oxygens (including phenoxy) is 3. The Labute approximate surface area is 148 Å². The highest BCUT2D eigenvalue weighted by atomic mass is 16.5. The molecule has 0 aliphatic carbocycles. The molecule has 0 aromatic heterocycles. The third kappa shape index (κ3) is 4.05. The number of benzene rings is 2. The van der Waals surface area contributed by atoms with Crippen LogP contribution in [0, 0.1) is 5.41 Å². The molecule has 0 aliphatic rings. The van der Waals surface area contributed by atoms with Crippen molar-refractivity contribution in [3.63, 3.8) is 0 Å². The first kappa shape index (κ1) is 18.6. The van der Waals surface area contributed by atoms with Gasteiger partial charge in [0.2, 0.25) is 0 Å². The highest BCUT2D eigenvalue weighted by Crippen LogP contribution is 2.41. The Hall–Kier alpha value is -2.69. The monoisotopic (exact) mass is 343 g/mol. The number of hydrogen-bond donors (Lipinski definition) is 1. The summed E-state index contributed by atoms with van der Waals surface area (Å²) in [5, 5.41) is 3.44. The van der Waals surface area contributed by atoms with Crippen LogP contribution in [0.1, 0.15) is 25.5 Å². The fourth-order valence-electron chi connectivity index (χ4n) is 2.79. The van der Waals surface area contributed by atoms with Crippen molar-refractivity contribution >= 4 is 11.7 Å². The van der Waals surface area contributed by atoms with Crippen LogP contribution in [0.15, 0.2) is 48.5 Å². The molecule has 0 saturated carbocycles. The molecule has 2 rings (SSSR count). The van der Waals surface area contributed by atoms with E-state index >= 15 is 0 Å². The van der Waals surface area contributed by atoms with Crippen LogP contribution < -0.4 is 14.8 Å². The average Bonchev–Trinajstić information content (AvgIpc) is 2.65. The van der Waals surface area contributed by atoms with Gasteiger partial charge in [-0.2, -0.15) is 0 Å². The Kier molecular flexibility index (Phi) is 5.91. The zero-order valence-electron chi connectivity index (χ0n) is 15.3. The van der Waals surface area contributed by atoms with Crippen molar-refractivity contribution in [1.82, 2.24) is 0 Å². The molecule has 5 heteroatoms. The van der Waals surface area contributed by atoms with Gasteiger partial charge in [-0.05, 0) is 44.2 Å². The molecule has 0 bridgehead atoms. The van der Waals surface area contributed by atoms with Crippen LogP contribution in [-0.4, -0.2) is 27.3 Å². The summed E-state index contributed by atoms with van der Waals surface area (Å²) < 4.78 is 15.7. The second kappa shape index (κ2) is 7.92. The molecule has 0 heterocycles. The van der Waals surface area contributed by atoms with E-state index in [9.17, 15) is 4.79 Å². The van der Waals surface area contributed by atoms with E-state index in [1.54, 1.807) is 14.2 Å². The van der Waals surface area contributed by atoms with E-state index in [1.807, 2.05) is 62.4 Å². The van der Waals surface area contributed by atoms with E-state index in [0.29, 0.717) is 5.75 Å². The summed E-state index contributed by atoms with van der Waals surface area (Å²) in [4.78, 5) is 12.4. The first-order valence-corrected chi connectivity index (χ1v) is 8.06. The Balaban J connectivity index is 2.46. The van der Waals surface area contributed by atoms with Crippen molar-refractivity contribution < 1.29 is 19.0 Å². The van der Waals surface area contributed by atoms with Crippen LogP contribution in [0.5, 0.6) is 11.5 Å². The molecule has 1 atom stereocenters. The highest BCUT2D eigenvalue weighted by molar-refractivity contribution is 5.78. The van der Waals surface area contributed by atoms with Crippen molar-refractivity contribution in [3.05, 3.63) is 54.1 Å². The lowest BCUT2D eigenvalue weighted by molar-refractivity contribution is -0.151. The van der Waals surface area contributed by atoms with Gasteiger partial charge in [-0.3, -0.25) is 4.79 Å². The van der Waals surface area contributed by atoms with Crippen LogP contribution in [0.2, 0.25) is 0 Å². The van der Waals surface area contributed by atoms with E-state index in [2.05, 4.69) is 5.32 Å². The van der Waals surface area contributed by atoms with E-state index in [4.69, 9.17) is 14.2 Å². The largest absolute Gasteiger partial charge is 0.497 e. The smallest absolute Gasteiger partial charge is 0.313 e. The fraction of sp³-hybridized carbons (Fsp3) is 0.350. The molecule has 5 nitrogen and oxygen atoms in total. The van der Waals surface area contributed by atoms with E-state index in [-0.39, 0.29) is 12.0 Å². The Morgan fingerprint density at radius 2 is 1.60 bits per heavy atom. The molecule has 25 heavy (non-hydrogen) atoms. The summed E-state index contributed by atoms with van der Waals surface area (Å²) in [6.07, 6.45) is 0. The van der Waals surface area contributed by atoms with Gasteiger partial charge in [0.15, 0.2) is 0 Å². The molecule has 1 unspecified atom stereocenters. The molecule has 0 aliphatic heterocycles. The Bertz CT molecular complexity index is 710. The molecule has 0 fully saturated rings. The predicted molar refractivity (Wildman–Crippen MR) is 98.1 cm³/mol. The maximum atomic E-state index is 12.4. The maximum absolute atomic E-state index is 12.4. The number of rotatable bonds is 7. The lowest BCUT2D eigenvalue weighted by atomic mass is 9.79. The number of carbonyl (C=O) groups is 1. The third-order valence-electron chi connectivity index (χ3n) is 4.28. The van der Waals surface area contributed by atoms with Crippen LogP contribution in [0.4, 0.5) is 5.69 Å². The molecule has 0 amide bonds. The number of methoxy groups -OCH3 is 3. The number of nitrogens with one attached hydrogen (secondary N) is 1. The highest BCUT2D eigenvalue weighted by Gasteiger charge is 2.40. The van der Waals surface area contributed by atoms with E-state index in [1.165, 1.54) is 7.11 Å². The number of carbonyl (C=O) groups excluding carboxylic acids is 1. The van der Waals surface area contributed by atoms with Crippen LogP contribution in [-0.2, 0) is 9.53 Å². The van der Waals surface area contributed by atoms with Gasteiger partial charge in [0.1, 0.15) is 11.5 Å². The lowest BCUT2D eigenvalue weighted by Gasteiger charge is -2.34.